The summed E-state index contributed by atoms with van der Waals surface area (Å²) in [6, 6.07) is 1.58. The van der Waals surface area contributed by atoms with Crippen LogP contribution in [0.5, 0.6) is 0 Å². The first-order chi connectivity index (χ1) is 10.1. The molecule has 2 aromatic heterocycles. The number of rotatable bonds is 6. The predicted molar refractivity (Wildman–Crippen MR) is 90.0 cm³/mol. The first kappa shape index (κ1) is 16.7. The van der Waals surface area contributed by atoms with Gasteiger partial charge in [-0.25, -0.2) is 0 Å². The fourth-order valence-electron chi connectivity index (χ4n) is 2.16. The van der Waals surface area contributed by atoms with Crippen molar-refractivity contribution in [2.45, 2.75) is 32.9 Å². The Labute approximate surface area is 143 Å². The molecule has 0 aliphatic heterocycles. The molecule has 0 amide bonds. The number of hydrogen-bond donors (Lipinski definition) is 1. The van der Waals surface area contributed by atoms with Crippen molar-refractivity contribution in [3.8, 4) is 0 Å². The molecule has 21 heavy (non-hydrogen) atoms. The van der Waals surface area contributed by atoms with Crippen molar-refractivity contribution in [2.75, 3.05) is 6.54 Å². The van der Waals surface area contributed by atoms with Gasteiger partial charge in [0.1, 0.15) is 0 Å². The zero-order valence-electron chi connectivity index (χ0n) is 11.9. The van der Waals surface area contributed by atoms with Crippen molar-refractivity contribution in [3.05, 3.63) is 44.4 Å². The Morgan fingerprint density at radius 3 is 2.71 bits per heavy atom. The third-order valence-corrected chi connectivity index (χ3v) is 4.23. The summed E-state index contributed by atoms with van der Waals surface area (Å²) < 4.78 is 2.87. The molecule has 0 bridgehead atoms. The van der Waals surface area contributed by atoms with E-state index in [-0.39, 0.29) is 6.04 Å². The first-order valence-corrected chi connectivity index (χ1v) is 8.38. The van der Waals surface area contributed by atoms with Gasteiger partial charge in [0.05, 0.1) is 38.1 Å². The van der Waals surface area contributed by atoms with Gasteiger partial charge >= 0.3 is 0 Å². The average molecular weight is 392 g/mol. The van der Waals surface area contributed by atoms with Crippen LogP contribution >= 0.6 is 39.1 Å². The zero-order valence-corrected chi connectivity index (χ0v) is 15.0. The normalized spacial score (nSPS) is 12.6. The molecular formula is C14H17BrCl2N4. The molecule has 0 aliphatic carbocycles. The first-order valence-electron chi connectivity index (χ1n) is 6.84. The summed E-state index contributed by atoms with van der Waals surface area (Å²) in [5.41, 5.74) is 1.77. The Hall–Kier alpha value is -0.620. The lowest BCUT2D eigenvalue weighted by atomic mass is 10.1. The van der Waals surface area contributed by atoms with Crippen LogP contribution < -0.4 is 5.32 Å². The number of halogens is 3. The molecule has 0 aliphatic rings. The van der Waals surface area contributed by atoms with Crippen molar-refractivity contribution in [2.24, 2.45) is 0 Å². The molecule has 0 aromatic carbocycles. The Balaban J connectivity index is 2.49. The largest absolute Gasteiger partial charge is 0.304 e. The second kappa shape index (κ2) is 7.58. The van der Waals surface area contributed by atoms with Gasteiger partial charge in [0, 0.05) is 12.7 Å². The number of nitrogens with one attached hydrogen (secondary N) is 1. The van der Waals surface area contributed by atoms with Crippen molar-refractivity contribution < 1.29 is 0 Å². The summed E-state index contributed by atoms with van der Waals surface area (Å²) in [7, 11) is 0. The molecule has 7 heteroatoms. The molecule has 1 atom stereocenters. The number of nitrogens with zero attached hydrogens (tertiary/aromatic N) is 3. The maximum Gasteiger partial charge on any atom is 0.0948 e. The minimum Gasteiger partial charge on any atom is -0.304 e. The molecule has 2 rings (SSSR count). The van der Waals surface area contributed by atoms with Gasteiger partial charge in [-0.3, -0.25) is 9.67 Å². The van der Waals surface area contributed by atoms with E-state index in [2.05, 4.69) is 45.2 Å². The van der Waals surface area contributed by atoms with Crippen LogP contribution in [-0.2, 0) is 6.54 Å². The summed E-state index contributed by atoms with van der Waals surface area (Å²) in [5.74, 6) is 0. The number of aromatic nitrogens is 3. The minimum absolute atomic E-state index is 0.133. The fraction of sp³-hybridized carbons (Fsp3) is 0.429. The van der Waals surface area contributed by atoms with E-state index in [0.717, 1.165) is 35.4 Å². The second-order valence-electron chi connectivity index (χ2n) is 4.60. The smallest absolute Gasteiger partial charge is 0.0948 e. The van der Waals surface area contributed by atoms with Crippen molar-refractivity contribution in [1.82, 2.24) is 20.1 Å². The third-order valence-electron chi connectivity index (χ3n) is 3.11. The lowest BCUT2D eigenvalue weighted by Gasteiger charge is -2.21. The summed E-state index contributed by atoms with van der Waals surface area (Å²) in [4.78, 5) is 4.42. The van der Waals surface area contributed by atoms with E-state index < -0.39 is 0 Å². The molecule has 1 unspecified atom stereocenters. The van der Waals surface area contributed by atoms with Crippen LogP contribution in [0.1, 0.15) is 37.7 Å². The van der Waals surface area contributed by atoms with Crippen LogP contribution in [0.15, 0.2) is 22.9 Å². The highest BCUT2D eigenvalue weighted by atomic mass is 79.9. The Morgan fingerprint density at radius 1 is 1.33 bits per heavy atom. The average Bonchev–Trinajstić information content (AvgIpc) is 2.82. The van der Waals surface area contributed by atoms with Gasteiger partial charge in [0.15, 0.2) is 0 Å². The Bertz CT molecular complexity index is 615. The SMILES string of the molecule is CCCNC(c1ncc(Cl)cc1Cl)c1c(Br)cnn1CC. The van der Waals surface area contributed by atoms with E-state index in [1.807, 2.05) is 4.68 Å². The number of pyridine rings is 1. The molecule has 0 radical (unpaired) electrons. The molecule has 0 fully saturated rings. The van der Waals surface area contributed by atoms with Gasteiger partial charge in [0.2, 0.25) is 0 Å². The molecule has 0 saturated heterocycles. The molecule has 4 nitrogen and oxygen atoms in total. The van der Waals surface area contributed by atoms with Crippen LogP contribution in [0.4, 0.5) is 0 Å². The van der Waals surface area contributed by atoms with Crippen LogP contribution in [0.25, 0.3) is 0 Å². The molecule has 114 valence electrons. The van der Waals surface area contributed by atoms with Crippen molar-refractivity contribution >= 4 is 39.1 Å². The topological polar surface area (TPSA) is 42.7 Å². The van der Waals surface area contributed by atoms with E-state index in [4.69, 9.17) is 23.2 Å². The molecule has 2 aromatic rings. The maximum absolute atomic E-state index is 6.34. The summed E-state index contributed by atoms with van der Waals surface area (Å²) in [6.45, 7) is 5.80. The van der Waals surface area contributed by atoms with Crippen LogP contribution in [0.2, 0.25) is 10.0 Å². The summed E-state index contributed by atoms with van der Waals surface area (Å²) in [6.07, 6.45) is 4.42. The van der Waals surface area contributed by atoms with Gasteiger partial charge in [-0.05, 0) is 41.9 Å². The van der Waals surface area contributed by atoms with Crippen LogP contribution in [0.3, 0.4) is 0 Å². The van der Waals surface area contributed by atoms with Gasteiger partial charge in [-0.1, -0.05) is 30.1 Å². The Morgan fingerprint density at radius 2 is 2.10 bits per heavy atom. The highest BCUT2D eigenvalue weighted by molar-refractivity contribution is 9.10. The highest BCUT2D eigenvalue weighted by Crippen LogP contribution is 2.32. The molecule has 1 N–H and O–H groups in total. The van der Waals surface area contributed by atoms with E-state index in [1.165, 1.54) is 0 Å². The highest BCUT2D eigenvalue weighted by Gasteiger charge is 2.24. The standard InChI is InChI=1S/C14H17BrCl2N4/c1-3-5-18-13(12-11(17)6-9(16)7-19-12)14-10(15)8-20-21(14)4-2/h6-8,13,18H,3-5H2,1-2H3. The Kier molecular flexibility index (Phi) is 6.05. The monoisotopic (exact) mass is 390 g/mol. The van der Waals surface area contributed by atoms with Crippen molar-refractivity contribution in [1.29, 1.82) is 0 Å². The number of aryl methyl sites for hydroxylation is 1. The van der Waals surface area contributed by atoms with E-state index in [1.54, 1.807) is 18.5 Å². The van der Waals surface area contributed by atoms with Gasteiger partial charge in [0.25, 0.3) is 0 Å². The summed E-state index contributed by atoms with van der Waals surface area (Å²) >= 11 is 15.8. The van der Waals surface area contributed by atoms with Crippen molar-refractivity contribution in [3.63, 3.8) is 0 Å². The quantitative estimate of drug-likeness (QED) is 0.790. The van der Waals surface area contributed by atoms with Gasteiger partial charge in [-0.2, -0.15) is 5.10 Å². The van der Waals surface area contributed by atoms with E-state index in [9.17, 15) is 0 Å². The van der Waals surface area contributed by atoms with E-state index in [0.29, 0.717) is 10.0 Å². The van der Waals surface area contributed by atoms with Crippen LogP contribution in [-0.4, -0.2) is 21.3 Å². The van der Waals surface area contributed by atoms with Crippen LogP contribution in [0, 0.1) is 0 Å². The predicted octanol–water partition coefficient (Wildman–Crippen LogP) is 4.46. The molecule has 0 spiro atoms. The number of hydrogen-bond acceptors (Lipinski definition) is 3. The zero-order chi connectivity index (χ0) is 15.4. The van der Waals surface area contributed by atoms with Gasteiger partial charge < -0.3 is 5.32 Å². The molecular weight excluding hydrogens is 375 g/mol. The fourth-order valence-corrected chi connectivity index (χ4v) is 3.17. The molecule has 2 heterocycles. The van der Waals surface area contributed by atoms with E-state index >= 15 is 0 Å². The van der Waals surface area contributed by atoms with Gasteiger partial charge in [-0.15, -0.1) is 0 Å². The lowest BCUT2D eigenvalue weighted by molar-refractivity contribution is 0.520. The lowest BCUT2D eigenvalue weighted by Crippen LogP contribution is -2.27. The third kappa shape index (κ3) is 3.77. The second-order valence-corrected chi connectivity index (χ2v) is 6.30. The summed E-state index contributed by atoms with van der Waals surface area (Å²) in [5, 5.41) is 8.93. The maximum atomic E-state index is 6.34. The molecule has 0 saturated carbocycles. The minimum atomic E-state index is -0.133.